The van der Waals surface area contributed by atoms with Gasteiger partial charge in [0, 0.05) is 18.8 Å². The summed E-state index contributed by atoms with van der Waals surface area (Å²) in [6.07, 6.45) is 8.58. The Morgan fingerprint density at radius 3 is 2.51 bits per heavy atom. The predicted octanol–water partition coefficient (Wildman–Crippen LogP) is 4.35. The van der Waals surface area contributed by atoms with Crippen molar-refractivity contribution >= 4 is 11.8 Å². The minimum absolute atomic E-state index is 0.0253. The fourth-order valence-corrected chi connectivity index (χ4v) is 5.09. The van der Waals surface area contributed by atoms with Gasteiger partial charge in [0.25, 0.3) is 0 Å². The van der Waals surface area contributed by atoms with Gasteiger partial charge in [-0.1, -0.05) is 19.3 Å². The number of carbonyl (C=O) groups excluding carboxylic acids is 2. The SMILES string of the molecule is CN[C@@H](C)C(=O)N[C@H](C(=O)N1CCC[C@H]1c1cc(Oc2ccc(F)cc2)ccn1)C1CCCCC1. The zero-order chi connectivity index (χ0) is 24.8. The minimum atomic E-state index is -0.530. The first kappa shape index (κ1) is 25.1. The highest BCUT2D eigenvalue weighted by Crippen LogP contribution is 2.35. The fourth-order valence-electron chi connectivity index (χ4n) is 5.09. The Labute approximate surface area is 206 Å². The molecule has 1 aromatic heterocycles. The minimum Gasteiger partial charge on any atom is -0.457 e. The number of rotatable bonds is 8. The number of amides is 2. The zero-order valence-corrected chi connectivity index (χ0v) is 20.5. The van der Waals surface area contributed by atoms with Crippen LogP contribution in [0.2, 0.25) is 0 Å². The molecule has 2 heterocycles. The molecule has 7 nitrogen and oxygen atoms in total. The lowest BCUT2D eigenvalue weighted by Crippen LogP contribution is -2.55. The van der Waals surface area contributed by atoms with Crippen molar-refractivity contribution in [2.75, 3.05) is 13.6 Å². The molecule has 3 atom stereocenters. The van der Waals surface area contributed by atoms with E-state index in [1.165, 1.54) is 18.6 Å². The fraction of sp³-hybridized carbons (Fsp3) is 0.519. The first-order valence-corrected chi connectivity index (χ1v) is 12.6. The molecule has 0 spiro atoms. The van der Waals surface area contributed by atoms with Gasteiger partial charge in [-0.3, -0.25) is 14.6 Å². The zero-order valence-electron chi connectivity index (χ0n) is 20.5. The number of ether oxygens (including phenoxy) is 1. The summed E-state index contributed by atoms with van der Waals surface area (Å²) >= 11 is 0. The second-order valence-corrected chi connectivity index (χ2v) is 9.56. The molecule has 2 aromatic rings. The highest BCUT2D eigenvalue weighted by atomic mass is 19.1. The van der Waals surface area contributed by atoms with Crippen LogP contribution in [0.5, 0.6) is 11.5 Å². The Kier molecular flexibility index (Phi) is 8.33. The Morgan fingerprint density at radius 1 is 1.06 bits per heavy atom. The van der Waals surface area contributed by atoms with Crippen molar-refractivity contribution in [3.63, 3.8) is 0 Å². The first-order valence-electron chi connectivity index (χ1n) is 12.6. The molecule has 0 radical (unpaired) electrons. The van der Waals surface area contributed by atoms with E-state index in [1.807, 2.05) is 11.0 Å². The number of pyridine rings is 1. The van der Waals surface area contributed by atoms with E-state index in [9.17, 15) is 14.0 Å². The molecule has 4 rings (SSSR count). The van der Waals surface area contributed by atoms with Crippen LogP contribution in [0.4, 0.5) is 4.39 Å². The lowest BCUT2D eigenvalue weighted by Gasteiger charge is -2.35. The van der Waals surface area contributed by atoms with Crippen LogP contribution in [0.1, 0.15) is 63.6 Å². The Hall–Kier alpha value is -3.00. The molecule has 0 unspecified atom stereocenters. The number of hydrogen-bond acceptors (Lipinski definition) is 5. The van der Waals surface area contributed by atoms with E-state index in [0.717, 1.165) is 44.2 Å². The molecule has 0 bridgehead atoms. The van der Waals surface area contributed by atoms with Crippen molar-refractivity contribution in [1.29, 1.82) is 0 Å². The van der Waals surface area contributed by atoms with Crippen molar-refractivity contribution in [1.82, 2.24) is 20.5 Å². The molecule has 1 aromatic carbocycles. The normalized spacial score (nSPS) is 20.3. The maximum Gasteiger partial charge on any atom is 0.246 e. The second kappa shape index (κ2) is 11.6. The van der Waals surface area contributed by atoms with Gasteiger partial charge in [0.15, 0.2) is 0 Å². The molecule has 2 aliphatic rings. The Morgan fingerprint density at radius 2 is 1.80 bits per heavy atom. The topological polar surface area (TPSA) is 83.6 Å². The van der Waals surface area contributed by atoms with E-state index in [4.69, 9.17) is 4.74 Å². The molecule has 35 heavy (non-hydrogen) atoms. The third-order valence-electron chi connectivity index (χ3n) is 7.19. The van der Waals surface area contributed by atoms with Crippen molar-refractivity contribution in [2.45, 2.75) is 70.0 Å². The number of likely N-dealkylation sites (tertiary alicyclic amines) is 1. The summed E-state index contributed by atoms with van der Waals surface area (Å²) in [5.74, 6) is 0.758. The molecular formula is C27H35FN4O3. The van der Waals surface area contributed by atoms with Gasteiger partial charge in [-0.2, -0.15) is 0 Å². The quantitative estimate of drug-likeness (QED) is 0.585. The number of carbonyl (C=O) groups is 2. The monoisotopic (exact) mass is 482 g/mol. The van der Waals surface area contributed by atoms with Crippen LogP contribution in [0.25, 0.3) is 0 Å². The van der Waals surface area contributed by atoms with Gasteiger partial charge >= 0.3 is 0 Å². The van der Waals surface area contributed by atoms with Crippen molar-refractivity contribution in [2.24, 2.45) is 5.92 Å². The first-order chi connectivity index (χ1) is 17.0. The Balaban J connectivity index is 1.53. The van der Waals surface area contributed by atoms with Crippen molar-refractivity contribution in [3.05, 3.63) is 54.1 Å². The van der Waals surface area contributed by atoms with Crippen LogP contribution in [0.3, 0.4) is 0 Å². The molecule has 188 valence electrons. The highest BCUT2D eigenvalue weighted by molar-refractivity contribution is 5.90. The number of aromatic nitrogens is 1. The number of benzene rings is 1. The third-order valence-corrected chi connectivity index (χ3v) is 7.19. The van der Waals surface area contributed by atoms with Crippen LogP contribution in [0.15, 0.2) is 42.6 Å². The lowest BCUT2D eigenvalue weighted by molar-refractivity contribution is -0.139. The summed E-state index contributed by atoms with van der Waals surface area (Å²) in [4.78, 5) is 33.1. The van der Waals surface area contributed by atoms with Crippen molar-refractivity contribution < 1.29 is 18.7 Å². The number of nitrogens with zero attached hydrogens (tertiary/aromatic N) is 2. The Bertz CT molecular complexity index is 1010. The summed E-state index contributed by atoms with van der Waals surface area (Å²) in [6, 6.07) is 8.36. The molecule has 2 amide bonds. The van der Waals surface area contributed by atoms with Gasteiger partial charge in [0.2, 0.25) is 11.8 Å². The average Bonchev–Trinajstić information content (AvgIpc) is 3.38. The molecule has 1 aliphatic heterocycles. The van der Waals surface area contributed by atoms with E-state index < -0.39 is 6.04 Å². The van der Waals surface area contributed by atoms with Crippen LogP contribution in [0, 0.1) is 11.7 Å². The van der Waals surface area contributed by atoms with Gasteiger partial charge < -0.3 is 20.3 Å². The molecule has 1 aliphatic carbocycles. The van der Waals surface area contributed by atoms with Crippen LogP contribution < -0.4 is 15.4 Å². The van der Waals surface area contributed by atoms with E-state index in [2.05, 4.69) is 15.6 Å². The molecule has 1 saturated carbocycles. The summed E-state index contributed by atoms with van der Waals surface area (Å²) < 4.78 is 19.1. The van der Waals surface area contributed by atoms with Crippen LogP contribution >= 0.6 is 0 Å². The molecular weight excluding hydrogens is 447 g/mol. The van der Waals surface area contributed by atoms with Gasteiger partial charge in [0.1, 0.15) is 23.4 Å². The number of halogens is 1. The van der Waals surface area contributed by atoms with Gasteiger partial charge in [0.05, 0.1) is 17.8 Å². The van der Waals surface area contributed by atoms with Gasteiger partial charge in [-0.15, -0.1) is 0 Å². The predicted molar refractivity (Wildman–Crippen MR) is 131 cm³/mol. The molecule has 1 saturated heterocycles. The number of nitrogens with one attached hydrogen (secondary N) is 2. The van der Waals surface area contributed by atoms with E-state index in [-0.39, 0.29) is 35.6 Å². The largest absolute Gasteiger partial charge is 0.457 e. The highest BCUT2D eigenvalue weighted by Gasteiger charge is 2.39. The van der Waals surface area contributed by atoms with Crippen molar-refractivity contribution in [3.8, 4) is 11.5 Å². The second-order valence-electron chi connectivity index (χ2n) is 9.56. The van der Waals surface area contributed by atoms with Gasteiger partial charge in [-0.05, 0) is 75.9 Å². The van der Waals surface area contributed by atoms with E-state index in [0.29, 0.717) is 18.0 Å². The summed E-state index contributed by atoms with van der Waals surface area (Å²) in [5, 5.41) is 6.03. The molecule has 2 N–H and O–H groups in total. The summed E-state index contributed by atoms with van der Waals surface area (Å²) in [5.41, 5.74) is 0.757. The average molecular weight is 483 g/mol. The standard InChI is InChI=1S/C27H35FN4O3/c1-18(29-2)26(33)31-25(19-7-4-3-5-8-19)27(34)32-16-6-9-24(32)23-17-22(14-15-30-23)35-21-12-10-20(28)11-13-21/h10-15,17-19,24-25,29H,3-9,16H2,1-2H3,(H,31,33)/t18-,24-,25-/m0/s1. The van der Waals surface area contributed by atoms with Crippen LogP contribution in [-0.2, 0) is 9.59 Å². The smallest absolute Gasteiger partial charge is 0.246 e. The number of hydrogen-bond donors (Lipinski definition) is 2. The molecule has 2 fully saturated rings. The third kappa shape index (κ3) is 6.17. The maximum absolute atomic E-state index is 13.9. The van der Waals surface area contributed by atoms with Crippen LogP contribution in [-0.4, -0.2) is 47.4 Å². The van der Waals surface area contributed by atoms with Gasteiger partial charge in [-0.25, -0.2) is 4.39 Å². The lowest BCUT2D eigenvalue weighted by atomic mass is 9.83. The summed E-state index contributed by atoms with van der Waals surface area (Å²) in [6.45, 7) is 2.43. The molecule has 8 heteroatoms. The summed E-state index contributed by atoms with van der Waals surface area (Å²) in [7, 11) is 1.74. The van der Waals surface area contributed by atoms with E-state index in [1.54, 1.807) is 38.4 Å². The maximum atomic E-state index is 13.9. The van der Waals surface area contributed by atoms with E-state index >= 15 is 0 Å². The number of likely N-dealkylation sites (N-methyl/N-ethyl adjacent to an activating group) is 1.